The third-order valence-corrected chi connectivity index (χ3v) is 9.87. The van der Waals surface area contributed by atoms with Crippen LogP contribution in [-0.2, 0) is 28.6 Å². The molecule has 59 heavy (non-hydrogen) atoms. The summed E-state index contributed by atoms with van der Waals surface area (Å²) in [6.07, 6.45) is 53.4. The number of carboxylic acid groups (broad SMARTS) is 1. The summed E-state index contributed by atoms with van der Waals surface area (Å²) in [5.41, 5.74) is 0. The standard InChI is InChI=1S/C51H85NO7/c1-6-8-10-12-14-16-18-20-21-22-23-24-25-26-27-28-30-32-34-36-38-40-42-50(54)59-47(45-57-44-43-48(51(55)56)52(3,4)5)46-58-49(53)41-39-37-35-33-31-29-19-17-15-13-11-9-7-2/h9,11,13-17,19-21,23-24,29,31,47-48H,6-8,10,12,18,22,25-28,30,32-46H2,1-5H3/p+1/b11-9+,15-13+,16-14+,19-17+,21-20+,24-23+,31-29+. The maximum absolute atomic E-state index is 12.8. The van der Waals surface area contributed by atoms with Crippen molar-refractivity contribution < 1.29 is 38.2 Å². The van der Waals surface area contributed by atoms with Gasteiger partial charge in [-0.25, -0.2) is 4.79 Å². The molecule has 8 heteroatoms. The van der Waals surface area contributed by atoms with E-state index in [1.807, 2.05) is 57.6 Å². The van der Waals surface area contributed by atoms with Crippen LogP contribution < -0.4 is 0 Å². The Morgan fingerprint density at radius 3 is 1.58 bits per heavy atom. The number of hydrogen-bond donors (Lipinski definition) is 1. The Labute approximate surface area is 361 Å². The first-order valence-corrected chi connectivity index (χ1v) is 23.2. The number of aliphatic carboxylic acids is 1. The first-order chi connectivity index (χ1) is 28.6. The molecule has 0 aromatic carbocycles. The van der Waals surface area contributed by atoms with Crippen molar-refractivity contribution in [1.82, 2.24) is 0 Å². The predicted molar refractivity (Wildman–Crippen MR) is 247 cm³/mol. The lowest BCUT2D eigenvalue weighted by molar-refractivity contribution is -0.887. The van der Waals surface area contributed by atoms with E-state index in [1.165, 1.54) is 64.2 Å². The van der Waals surface area contributed by atoms with Gasteiger partial charge in [-0.2, -0.15) is 0 Å². The van der Waals surface area contributed by atoms with Gasteiger partial charge in [-0.3, -0.25) is 9.59 Å². The number of allylic oxidation sites excluding steroid dienone is 14. The van der Waals surface area contributed by atoms with E-state index in [-0.39, 0.29) is 36.2 Å². The SMILES string of the molecule is CC/C=C/C=C/C=C/C=C/CCCCCC(=O)OCC(COCCC(C(=O)O)[N+](C)(C)C)OC(=O)CCCCCCCCCCC/C=C/C/C=C/C/C=C/CCCCC. The molecule has 0 saturated carbocycles. The third-order valence-electron chi connectivity index (χ3n) is 9.87. The van der Waals surface area contributed by atoms with Gasteiger partial charge >= 0.3 is 17.9 Å². The summed E-state index contributed by atoms with van der Waals surface area (Å²) in [7, 11) is 5.50. The molecule has 0 rings (SSSR count). The van der Waals surface area contributed by atoms with Crippen LogP contribution in [0.25, 0.3) is 0 Å². The molecule has 1 N–H and O–H groups in total. The van der Waals surface area contributed by atoms with Crippen molar-refractivity contribution in [2.75, 3.05) is 41.0 Å². The van der Waals surface area contributed by atoms with Crippen LogP contribution in [0.3, 0.4) is 0 Å². The Bertz CT molecular complexity index is 1240. The largest absolute Gasteiger partial charge is 0.477 e. The van der Waals surface area contributed by atoms with E-state index in [4.69, 9.17) is 14.2 Å². The van der Waals surface area contributed by atoms with Gasteiger partial charge < -0.3 is 23.8 Å². The zero-order valence-corrected chi connectivity index (χ0v) is 38.2. The van der Waals surface area contributed by atoms with E-state index < -0.39 is 18.1 Å². The van der Waals surface area contributed by atoms with Crippen molar-refractivity contribution in [2.45, 2.75) is 180 Å². The summed E-state index contributed by atoms with van der Waals surface area (Å²) in [5, 5.41) is 9.63. The molecule has 0 amide bonds. The van der Waals surface area contributed by atoms with E-state index in [0.29, 0.717) is 19.3 Å². The number of carbonyl (C=O) groups is 3. The number of ether oxygens (including phenoxy) is 3. The lowest BCUT2D eigenvalue weighted by atomic mass is 10.1. The van der Waals surface area contributed by atoms with Gasteiger partial charge in [-0.05, 0) is 70.6 Å². The first-order valence-electron chi connectivity index (χ1n) is 23.2. The molecule has 2 unspecified atom stereocenters. The van der Waals surface area contributed by atoms with Gasteiger partial charge in [-0.15, -0.1) is 0 Å². The molecule has 0 heterocycles. The Balaban J connectivity index is 4.34. The highest BCUT2D eigenvalue weighted by atomic mass is 16.6. The summed E-state index contributed by atoms with van der Waals surface area (Å²) in [6.45, 7) is 4.51. The highest BCUT2D eigenvalue weighted by molar-refractivity contribution is 5.72. The van der Waals surface area contributed by atoms with Gasteiger partial charge in [0, 0.05) is 19.3 Å². The zero-order chi connectivity index (χ0) is 43.5. The van der Waals surface area contributed by atoms with E-state index in [1.54, 1.807) is 0 Å². The Morgan fingerprint density at radius 1 is 0.542 bits per heavy atom. The number of carboxylic acids is 1. The fraction of sp³-hybridized carbons (Fsp3) is 0.667. The summed E-state index contributed by atoms with van der Waals surface area (Å²) < 4.78 is 17.2. The lowest BCUT2D eigenvalue weighted by Crippen LogP contribution is -2.50. The maximum atomic E-state index is 12.8. The second-order valence-electron chi connectivity index (χ2n) is 16.4. The summed E-state index contributed by atoms with van der Waals surface area (Å²) in [4.78, 5) is 37.0. The van der Waals surface area contributed by atoms with Gasteiger partial charge in [0.05, 0.1) is 34.4 Å². The minimum Gasteiger partial charge on any atom is -0.477 e. The highest BCUT2D eigenvalue weighted by Gasteiger charge is 2.31. The van der Waals surface area contributed by atoms with Crippen molar-refractivity contribution in [3.05, 3.63) is 85.1 Å². The number of nitrogens with zero attached hydrogens (tertiary/aromatic N) is 1. The molecule has 0 saturated heterocycles. The zero-order valence-electron chi connectivity index (χ0n) is 38.2. The monoisotopic (exact) mass is 825 g/mol. The predicted octanol–water partition coefficient (Wildman–Crippen LogP) is 12.9. The van der Waals surface area contributed by atoms with Crippen LogP contribution in [0.15, 0.2) is 85.1 Å². The summed E-state index contributed by atoms with van der Waals surface area (Å²) >= 11 is 0. The quantitative estimate of drug-likeness (QED) is 0.0216. The van der Waals surface area contributed by atoms with Crippen LogP contribution >= 0.6 is 0 Å². The number of esters is 2. The number of quaternary nitrogens is 1. The van der Waals surface area contributed by atoms with Crippen molar-refractivity contribution in [3.63, 3.8) is 0 Å². The molecule has 0 bridgehead atoms. The molecule has 0 radical (unpaired) electrons. The number of carbonyl (C=O) groups excluding carboxylic acids is 2. The molecular weight excluding hydrogens is 739 g/mol. The van der Waals surface area contributed by atoms with Gasteiger partial charge in [0.1, 0.15) is 6.61 Å². The van der Waals surface area contributed by atoms with Gasteiger partial charge in [0.2, 0.25) is 0 Å². The van der Waals surface area contributed by atoms with Crippen LogP contribution in [0.4, 0.5) is 0 Å². The third kappa shape index (κ3) is 39.7. The lowest BCUT2D eigenvalue weighted by Gasteiger charge is -2.31. The molecule has 0 aliphatic heterocycles. The average molecular weight is 825 g/mol. The normalized spacial score (nSPS) is 13.7. The molecule has 2 atom stereocenters. The number of hydrogen-bond acceptors (Lipinski definition) is 6. The van der Waals surface area contributed by atoms with E-state index in [9.17, 15) is 19.5 Å². The molecule has 0 aliphatic rings. The van der Waals surface area contributed by atoms with Crippen LogP contribution in [0.2, 0.25) is 0 Å². The van der Waals surface area contributed by atoms with E-state index >= 15 is 0 Å². The molecule has 0 fully saturated rings. The van der Waals surface area contributed by atoms with Crippen molar-refractivity contribution >= 4 is 17.9 Å². The number of likely N-dealkylation sites (N-methyl/N-ethyl adjacent to an activating group) is 1. The summed E-state index contributed by atoms with van der Waals surface area (Å²) in [6, 6.07) is -0.626. The number of unbranched alkanes of at least 4 members (excludes halogenated alkanes) is 15. The summed E-state index contributed by atoms with van der Waals surface area (Å²) in [5.74, 6) is -1.53. The van der Waals surface area contributed by atoms with E-state index in [0.717, 1.165) is 70.6 Å². The molecule has 336 valence electrons. The van der Waals surface area contributed by atoms with Gasteiger partial charge in [-0.1, -0.05) is 163 Å². The molecular formula is C51H86NO7+. The van der Waals surface area contributed by atoms with Crippen molar-refractivity contribution in [1.29, 1.82) is 0 Å². The molecule has 0 spiro atoms. The average Bonchev–Trinajstić information content (AvgIpc) is 3.19. The smallest absolute Gasteiger partial charge is 0.362 e. The van der Waals surface area contributed by atoms with Crippen LogP contribution in [-0.4, -0.2) is 80.6 Å². The molecule has 0 aromatic heterocycles. The minimum absolute atomic E-state index is 0.0412. The first kappa shape index (κ1) is 55.5. The molecule has 8 nitrogen and oxygen atoms in total. The molecule has 0 aromatic rings. The second-order valence-corrected chi connectivity index (χ2v) is 16.4. The Kier molecular flexibility index (Phi) is 38.8. The fourth-order valence-electron chi connectivity index (χ4n) is 6.28. The van der Waals surface area contributed by atoms with Gasteiger partial charge in [0.15, 0.2) is 12.1 Å². The van der Waals surface area contributed by atoms with Gasteiger partial charge in [0.25, 0.3) is 0 Å². The molecule has 0 aliphatic carbocycles. The second kappa shape index (κ2) is 41.3. The van der Waals surface area contributed by atoms with Crippen LogP contribution in [0.1, 0.15) is 168 Å². The van der Waals surface area contributed by atoms with Crippen LogP contribution in [0, 0.1) is 0 Å². The van der Waals surface area contributed by atoms with E-state index in [2.05, 4.69) is 62.5 Å². The maximum Gasteiger partial charge on any atom is 0.362 e. The van der Waals surface area contributed by atoms with Crippen molar-refractivity contribution in [3.8, 4) is 0 Å². The fourth-order valence-corrected chi connectivity index (χ4v) is 6.28. The van der Waals surface area contributed by atoms with Crippen molar-refractivity contribution in [2.24, 2.45) is 0 Å². The van der Waals surface area contributed by atoms with Crippen LogP contribution in [0.5, 0.6) is 0 Å². The highest BCUT2D eigenvalue weighted by Crippen LogP contribution is 2.14. The number of rotatable bonds is 40. The Hall–Kier alpha value is -3.49. The topological polar surface area (TPSA) is 99.1 Å². The Morgan fingerprint density at radius 2 is 1.02 bits per heavy atom. The minimum atomic E-state index is -0.885.